The van der Waals surface area contributed by atoms with E-state index in [1.54, 1.807) is 6.26 Å². The Morgan fingerprint density at radius 1 is 1.36 bits per heavy atom. The van der Waals surface area contributed by atoms with Crippen molar-refractivity contribution in [2.75, 3.05) is 38.3 Å². The van der Waals surface area contributed by atoms with Gasteiger partial charge in [0.25, 0.3) is 0 Å². The molecule has 5 heteroatoms. The fourth-order valence-electron chi connectivity index (χ4n) is 0.952. The molecular formula is C9H21NO3S. The molecule has 4 nitrogen and oxygen atoms in total. The van der Waals surface area contributed by atoms with Gasteiger partial charge in [0.05, 0.1) is 13.2 Å². The summed E-state index contributed by atoms with van der Waals surface area (Å²) >= 11 is 0. The summed E-state index contributed by atoms with van der Waals surface area (Å²) in [5.41, 5.74) is -0.453. The Kier molecular flexibility index (Phi) is 7.35. The molecule has 0 aliphatic rings. The quantitative estimate of drug-likeness (QED) is 0.478. The van der Waals surface area contributed by atoms with Crippen molar-refractivity contribution >= 4 is 10.8 Å². The van der Waals surface area contributed by atoms with E-state index < -0.39 is 16.2 Å². The Hall–Kier alpha value is 0.0300. The Morgan fingerprint density at radius 2 is 1.93 bits per heavy atom. The lowest BCUT2D eigenvalue weighted by atomic mass is 9.93. The fourth-order valence-corrected chi connectivity index (χ4v) is 1.50. The highest BCUT2D eigenvalue weighted by atomic mass is 32.2. The summed E-state index contributed by atoms with van der Waals surface area (Å²) < 4.78 is 10.7. The van der Waals surface area contributed by atoms with Crippen molar-refractivity contribution in [3.63, 3.8) is 0 Å². The highest BCUT2D eigenvalue weighted by Gasteiger charge is 2.21. The van der Waals surface area contributed by atoms with Crippen molar-refractivity contribution in [3.05, 3.63) is 0 Å². The molecule has 0 aliphatic carbocycles. The first-order valence-electron chi connectivity index (χ1n) is 4.76. The van der Waals surface area contributed by atoms with Crippen molar-refractivity contribution in [2.45, 2.75) is 13.3 Å². The second kappa shape index (κ2) is 7.34. The topological polar surface area (TPSA) is 69.6 Å². The molecule has 86 valence electrons. The molecule has 0 aromatic rings. The zero-order chi connectivity index (χ0) is 11.0. The molecule has 0 fully saturated rings. The third-order valence-electron chi connectivity index (χ3n) is 2.10. The Labute approximate surface area is 88.2 Å². The summed E-state index contributed by atoms with van der Waals surface area (Å²) in [6.45, 7) is 3.11. The van der Waals surface area contributed by atoms with Crippen LogP contribution in [0, 0.1) is 5.41 Å². The zero-order valence-corrected chi connectivity index (χ0v) is 9.77. The van der Waals surface area contributed by atoms with E-state index >= 15 is 0 Å². The molecule has 1 unspecified atom stereocenters. The monoisotopic (exact) mass is 223 g/mol. The first-order chi connectivity index (χ1) is 6.54. The smallest absolute Gasteiger partial charge is 0.0518 e. The van der Waals surface area contributed by atoms with E-state index in [2.05, 4.69) is 5.32 Å². The van der Waals surface area contributed by atoms with E-state index in [-0.39, 0.29) is 13.2 Å². The average Bonchev–Trinajstić information content (AvgIpc) is 2.16. The normalized spacial score (nSPS) is 14.3. The molecule has 0 amide bonds. The van der Waals surface area contributed by atoms with Crippen molar-refractivity contribution in [2.24, 2.45) is 5.41 Å². The van der Waals surface area contributed by atoms with Crippen LogP contribution in [-0.2, 0) is 10.8 Å². The van der Waals surface area contributed by atoms with E-state index in [1.807, 2.05) is 6.92 Å². The van der Waals surface area contributed by atoms with E-state index in [0.29, 0.717) is 12.3 Å². The van der Waals surface area contributed by atoms with Gasteiger partial charge in [0.15, 0.2) is 0 Å². The second-order valence-electron chi connectivity index (χ2n) is 3.93. The third-order valence-corrected chi connectivity index (χ3v) is 2.96. The maximum Gasteiger partial charge on any atom is 0.0518 e. The number of hydrogen-bond acceptors (Lipinski definition) is 4. The van der Waals surface area contributed by atoms with Gasteiger partial charge in [0.1, 0.15) is 0 Å². The highest BCUT2D eigenvalue weighted by molar-refractivity contribution is 7.84. The molecule has 0 saturated heterocycles. The average molecular weight is 223 g/mol. The summed E-state index contributed by atoms with van der Waals surface area (Å²) in [5.74, 6) is 0.696. The van der Waals surface area contributed by atoms with Gasteiger partial charge < -0.3 is 15.5 Å². The lowest BCUT2D eigenvalue weighted by Gasteiger charge is -2.24. The summed E-state index contributed by atoms with van der Waals surface area (Å²) in [4.78, 5) is 0. The number of aliphatic hydroxyl groups excluding tert-OH is 2. The molecule has 0 aromatic heterocycles. The summed E-state index contributed by atoms with van der Waals surface area (Å²) in [5, 5.41) is 21.1. The number of nitrogens with one attached hydrogen (secondary N) is 1. The van der Waals surface area contributed by atoms with Crippen LogP contribution >= 0.6 is 0 Å². The minimum atomic E-state index is -0.733. The fraction of sp³-hybridized carbons (Fsp3) is 1.00. The molecule has 0 radical (unpaired) electrons. The molecule has 14 heavy (non-hydrogen) atoms. The van der Waals surface area contributed by atoms with Crippen LogP contribution in [0.4, 0.5) is 0 Å². The van der Waals surface area contributed by atoms with E-state index in [0.717, 1.165) is 13.0 Å². The number of hydrogen-bond donors (Lipinski definition) is 3. The van der Waals surface area contributed by atoms with Crippen LogP contribution < -0.4 is 5.32 Å². The summed E-state index contributed by atoms with van der Waals surface area (Å²) in [7, 11) is -0.733. The molecule has 3 N–H and O–H groups in total. The summed E-state index contributed by atoms with van der Waals surface area (Å²) in [6.07, 6.45) is 2.54. The molecule has 0 bridgehead atoms. The largest absolute Gasteiger partial charge is 0.396 e. The van der Waals surface area contributed by atoms with Crippen LogP contribution in [0.15, 0.2) is 0 Å². The Morgan fingerprint density at radius 3 is 2.36 bits per heavy atom. The van der Waals surface area contributed by atoms with Crippen LogP contribution in [-0.4, -0.2) is 52.7 Å². The van der Waals surface area contributed by atoms with Crippen LogP contribution in [0.3, 0.4) is 0 Å². The molecule has 0 spiro atoms. The Balaban J connectivity index is 3.47. The first kappa shape index (κ1) is 14.0. The van der Waals surface area contributed by atoms with Crippen molar-refractivity contribution in [3.8, 4) is 0 Å². The molecule has 0 aromatic carbocycles. The van der Waals surface area contributed by atoms with E-state index in [9.17, 15) is 4.21 Å². The number of rotatable bonds is 8. The SMILES string of the molecule is CS(=O)CCCNCC(C)(CO)CO. The Bertz CT molecular complexity index is 171. The van der Waals surface area contributed by atoms with E-state index in [1.165, 1.54) is 0 Å². The van der Waals surface area contributed by atoms with Crippen molar-refractivity contribution in [1.29, 1.82) is 0 Å². The molecule has 1 atom stereocenters. The second-order valence-corrected chi connectivity index (χ2v) is 5.49. The maximum absolute atomic E-state index is 10.7. The van der Waals surface area contributed by atoms with Gasteiger partial charge in [0, 0.05) is 34.8 Å². The van der Waals surface area contributed by atoms with Gasteiger partial charge >= 0.3 is 0 Å². The van der Waals surface area contributed by atoms with Gasteiger partial charge in [0.2, 0.25) is 0 Å². The standard InChI is InChI=1S/C9H21NO3S/c1-9(7-11,8-12)6-10-4-3-5-14(2)13/h10-12H,3-8H2,1-2H3. The van der Waals surface area contributed by atoms with Gasteiger partial charge in [-0.05, 0) is 13.0 Å². The van der Waals surface area contributed by atoms with Crippen LogP contribution in [0.1, 0.15) is 13.3 Å². The molecule has 0 rings (SSSR count). The van der Waals surface area contributed by atoms with E-state index in [4.69, 9.17) is 10.2 Å². The number of aliphatic hydroxyl groups is 2. The molecule has 0 heterocycles. The van der Waals surface area contributed by atoms with Gasteiger partial charge in [-0.25, -0.2) is 0 Å². The highest BCUT2D eigenvalue weighted by Crippen LogP contribution is 2.11. The molecule has 0 saturated carbocycles. The lowest BCUT2D eigenvalue weighted by molar-refractivity contribution is 0.0700. The van der Waals surface area contributed by atoms with Gasteiger partial charge in [-0.3, -0.25) is 4.21 Å². The van der Waals surface area contributed by atoms with Gasteiger partial charge in [-0.1, -0.05) is 6.92 Å². The lowest BCUT2D eigenvalue weighted by Crippen LogP contribution is -2.38. The minimum absolute atomic E-state index is 0.0315. The third kappa shape index (κ3) is 6.48. The van der Waals surface area contributed by atoms with Crippen molar-refractivity contribution < 1.29 is 14.4 Å². The van der Waals surface area contributed by atoms with Gasteiger partial charge in [-0.2, -0.15) is 0 Å². The van der Waals surface area contributed by atoms with Crippen LogP contribution in [0.2, 0.25) is 0 Å². The first-order valence-corrected chi connectivity index (χ1v) is 6.49. The maximum atomic E-state index is 10.7. The van der Waals surface area contributed by atoms with Crippen LogP contribution in [0.5, 0.6) is 0 Å². The van der Waals surface area contributed by atoms with Gasteiger partial charge in [-0.15, -0.1) is 0 Å². The molecular weight excluding hydrogens is 202 g/mol. The zero-order valence-electron chi connectivity index (χ0n) is 8.95. The predicted molar refractivity (Wildman–Crippen MR) is 58.7 cm³/mol. The summed E-state index contributed by atoms with van der Waals surface area (Å²) in [6, 6.07) is 0. The van der Waals surface area contributed by atoms with Crippen LogP contribution in [0.25, 0.3) is 0 Å². The van der Waals surface area contributed by atoms with Crippen molar-refractivity contribution in [1.82, 2.24) is 5.32 Å². The minimum Gasteiger partial charge on any atom is -0.396 e. The predicted octanol–water partition coefficient (Wildman–Crippen LogP) is -0.664. The molecule has 0 aliphatic heterocycles.